The number of amides is 1. The summed E-state index contributed by atoms with van der Waals surface area (Å²) in [5, 5.41) is 76.0. The maximum Gasteiger partial charge on any atom is 0.249 e. The first kappa shape index (κ1) is 65.3. The molecule has 1 heterocycles. The van der Waals surface area contributed by atoms with Crippen LogP contribution >= 0.6 is 0 Å². The number of carbonyl (C=O) groups excluding carboxylic acids is 1. The molecule has 0 aliphatic carbocycles. The molecule has 0 saturated carbocycles. The molecule has 9 atom stereocenters. The lowest BCUT2D eigenvalue weighted by atomic mass is 9.98. The Morgan fingerprint density at radius 3 is 1.29 bits per heavy atom. The van der Waals surface area contributed by atoms with Gasteiger partial charge in [0.2, 0.25) is 5.91 Å². The lowest BCUT2D eigenvalue weighted by molar-refractivity contribution is -0.303. The van der Waals surface area contributed by atoms with E-state index in [1.165, 1.54) is 167 Å². The highest BCUT2D eigenvalue weighted by Crippen LogP contribution is 2.23. The third kappa shape index (κ3) is 36.0. The summed E-state index contributed by atoms with van der Waals surface area (Å²) in [6, 6.07) is -1.19. The standard InChI is InChI=1S/C58H109NO10/c1-3-5-7-9-11-13-15-17-19-21-22-23-24-25-26-27-28-30-32-34-36-38-40-42-44-46-51(62)57(67)59-49(48-68-58-56(66)55(65)54(64)52(47-60)69-58)53(63)50(61)45-43-41-39-37-35-33-31-29-20-18-16-14-12-10-8-6-4-2/h14,16,29,31,37,39,49-56,58,60-66H,3-13,15,17-28,30,32-36,38,40-48H2,1-2H3,(H,59,67)/b16-14+,31-29+,39-37+. The highest BCUT2D eigenvalue weighted by atomic mass is 16.7. The quantitative estimate of drug-likeness (QED) is 0.0215. The van der Waals surface area contributed by atoms with E-state index in [4.69, 9.17) is 9.47 Å². The number of carbonyl (C=O) groups is 1. The van der Waals surface area contributed by atoms with Crippen molar-refractivity contribution in [1.29, 1.82) is 0 Å². The summed E-state index contributed by atoms with van der Waals surface area (Å²) in [7, 11) is 0. The third-order valence-corrected chi connectivity index (χ3v) is 13.9. The van der Waals surface area contributed by atoms with Gasteiger partial charge in [-0.05, 0) is 64.2 Å². The normalized spacial score (nSPS) is 20.6. The van der Waals surface area contributed by atoms with E-state index in [0.29, 0.717) is 19.3 Å². The second-order valence-corrected chi connectivity index (χ2v) is 20.3. The number of ether oxygens (including phenoxy) is 2. The van der Waals surface area contributed by atoms with Gasteiger partial charge in [0.25, 0.3) is 0 Å². The largest absolute Gasteiger partial charge is 0.394 e. The monoisotopic (exact) mass is 980 g/mol. The molecule has 9 unspecified atom stereocenters. The molecule has 1 rings (SSSR count). The smallest absolute Gasteiger partial charge is 0.249 e. The first-order valence-electron chi connectivity index (χ1n) is 28.9. The van der Waals surface area contributed by atoms with E-state index in [0.717, 1.165) is 44.9 Å². The lowest BCUT2D eigenvalue weighted by Crippen LogP contribution is -2.60. The van der Waals surface area contributed by atoms with Crippen LogP contribution in [-0.4, -0.2) is 110 Å². The van der Waals surface area contributed by atoms with Gasteiger partial charge in [-0.1, -0.05) is 230 Å². The van der Waals surface area contributed by atoms with Crippen LogP contribution in [-0.2, 0) is 14.3 Å². The van der Waals surface area contributed by atoms with Crippen molar-refractivity contribution >= 4 is 5.91 Å². The molecule has 0 aromatic carbocycles. The van der Waals surface area contributed by atoms with E-state index in [2.05, 4.69) is 55.6 Å². The zero-order chi connectivity index (χ0) is 50.4. The second-order valence-electron chi connectivity index (χ2n) is 20.3. The van der Waals surface area contributed by atoms with Gasteiger partial charge < -0.3 is 50.5 Å². The van der Waals surface area contributed by atoms with Gasteiger partial charge in [-0.2, -0.15) is 0 Å². The summed E-state index contributed by atoms with van der Waals surface area (Å²) < 4.78 is 11.1. The van der Waals surface area contributed by atoms with Crippen molar-refractivity contribution in [3.05, 3.63) is 36.5 Å². The SMILES string of the molecule is CCCCCC/C=C/CC/C=C/CC/C=C/CCCC(O)C(O)C(COC1OC(CO)C(O)C(O)C1O)NC(=O)C(O)CCCCCCCCCCCCCCCCCCCCCCCCCCC. The lowest BCUT2D eigenvalue weighted by Gasteiger charge is -2.40. The van der Waals surface area contributed by atoms with Crippen molar-refractivity contribution in [1.82, 2.24) is 5.32 Å². The summed E-state index contributed by atoms with van der Waals surface area (Å²) in [5.74, 6) is -0.709. The van der Waals surface area contributed by atoms with Crippen LogP contribution in [0.2, 0.25) is 0 Å². The number of hydrogen-bond acceptors (Lipinski definition) is 10. The summed E-state index contributed by atoms with van der Waals surface area (Å²) in [5.41, 5.74) is 0. The van der Waals surface area contributed by atoms with Crippen LogP contribution in [0.3, 0.4) is 0 Å². The number of nitrogens with one attached hydrogen (secondary N) is 1. The average Bonchev–Trinajstić information content (AvgIpc) is 3.35. The van der Waals surface area contributed by atoms with Gasteiger partial charge in [0.1, 0.15) is 36.6 Å². The molecule has 0 aromatic heterocycles. The van der Waals surface area contributed by atoms with Gasteiger partial charge in [-0.3, -0.25) is 4.79 Å². The molecule has 0 spiro atoms. The fourth-order valence-electron chi connectivity index (χ4n) is 9.18. The number of hydrogen-bond donors (Lipinski definition) is 8. The molecular formula is C58H109NO10. The number of allylic oxidation sites excluding steroid dienone is 6. The Bertz CT molecular complexity index is 1210. The van der Waals surface area contributed by atoms with Gasteiger partial charge in [0.05, 0.1) is 25.4 Å². The third-order valence-electron chi connectivity index (χ3n) is 13.9. The molecule has 1 aliphatic heterocycles. The topological polar surface area (TPSA) is 189 Å². The molecule has 1 saturated heterocycles. The van der Waals surface area contributed by atoms with Crippen molar-refractivity contribution in [3.8, 4) is 0 Å². The van der Waals surface area contributed by atoms with E-state index < -0.39 is 74.2 Å². The van der Waals surface area contributed by atoms with Crippen LogP contribution in [0, 0.1) is 0 Å². The Labute approximate surface area is 422 Å². The molecule has 1 aliphatic rings. The van der Waals surface area contributed by atoms with Crippen LogP contribution in [0.25, 0.3) is 0 Å². The van der Waals surface area contributed by atoms with Gasteiger partial charge in [-0.25, -0.2) is 0 Å². The van der Waals surface area contributed by atoms with Gasteiger partial charge in [-0.15, -0.1) is 0 Å². The molecule has 11 nitrogen and oxygen atoms in total. The predicted octanol–water partition coefficient (Wildman–Crippen LogP) is 11.9. The van der Waals surface area contributed by atoms with E-state index in [9.17, 15) is 40.5 Å². The van der Waals surface area contributed by atoms with Crippen LogP contribution in [0.4, 0.5) is 0 Å². The first-order valence-corrected chi connectivity index (χ1v) is 28.9. The molecule has 11 heteroatoms. The predicted molar refractivity (Wildman–Crippen MR) is 284 cm³/mol. The number of aliphatic hydroxyl groups excluding tert-OH is 7. The van der Waals surface area contributed by atoms with Crippen molar-refractivity contribution in [3.63, 3.8) is 0 Å². The Balaban J connectivity index is 2.31. The number of rotatable bonds is 49. The summed E-state index contributed by atoms with van der Waals surface area (Å²) in [6.45, 7) is 3.43. The van der Waals surface area contributed by atoms with Gasteiger partial charge in [0, 0.05) is 0 Å². The fourth-order valence-corrected chi connectivity index (χ4v) is 9.18. The van der Waals surface area contributed by atoms with Gasteiger partial charge in [0.15, 0.2) is 6.29 Å². The Morgan fingerprint density at radius 1 is 0.493 bits per heavy atom. The second kappa shape index (κ2) is 47.3. The molecule has 0 bridgehead atoms. The Hall–Kier alpha value is -1.67. The van der Waals surface area contributed by atoms with Crippen molar-refractivity contribution in [2.24, 2.45) is 0 Å². The molecular weight excluding hydrogens is 871 g/mol. The minimum atomic E-state index is -1.67. The van der Waals surface area contributed by atoms with E-state index >= 15 is 0 Å². The maximum absolute atomic E-state index is 13.2. The molecule has 0 aromatic rings. The van der Waals surface area contributed by atoms with Crippen LogP contribution in [0.5, 0.6) is 0 Å². The molecule has 406 valence electrons. The van der Waals surface area contributed by atoms with Crippen LogP contribution in [0.15, 0.2) is 36.5 Å². The van der Waals surface area contributed by atoms with Gasteiger partial charge >= 0.3 is 0 Å². The maximum atomic E-state index is 13.2. The molecule has 69 heavy (non-hydrogen) atoms. The minimum Gasteiger partial charge on any atom is -0.394 e. The van der Waals surface area contributed by atoms with E-state index in [1.807, 2.05) is 0 Å². The summed E-state index contributed by atoms with van der Waals surface area (Å²) >= 11 is 0. The van der Waals surface area contributed by atoms with Crippen molar-refractivity contribution in [2.75, 3.05) is 13.2 Å². The number of unbranched alkanes of at least 4 members (excludes halogenated alkanes) is 31. The molecule has 8 N–H and O–H groups in total. The average molecular weight is 981 g/mol. The first-order chi connectivity index (χ1) is 33.7. The fraction of sp³-hybridized carbons (Fsp3) is 0.879. The van der Waals surface area contributed by atoms with Crippen molar-refractivity contribution in [2.45, 2.75) is 313 Å². The Morgan fingerprint density at radius 2 is 0.870 bits per heavy atom. The van der Waals surface area contributed by atoms with Crippen molar-refractivity contribution < 1.29 is 50.0 Å². The molecule has 1 amide bonds. The van der Waals surface area contributed by atoms with E-state index in [-0.39, 0.29) is 12.8 Å². The number of aliphatic hydroxyl groups is 7. The molecule has 0 radical (unpaired) electrons. The summed E-state index contributed by atoms with van der Waals surface area (Å²) in [4.78, 5) is 13.2. The minimum absolute atomic E-state index is 0.242. The zero-order valence-electron chi connectivity index (χ0n) is 44.3. The highest BCUT2D eigenvalue weighted by molar-refractivity contribution is 5.80. The highest BCUT2D eigenvalue weighted by Gasteiger charge is 2.44. The Kier molecular flexibility index (Phi) is 44.8. The molecule has 1 fully saturated rings. The van der Waals surface area contributed by atoms with E-state index in [1.54, 1.807) is 0 Å². The van der Waals surface area contributed by atoms with Crippen LogP contribution in [0.1, 0.15) is 258 Å². The zero-order valence-corrected chi connectivity index (χ0v) is 44.3. The summed E-state index contributed by atoms with van der Waals surface area (Å²) in [6.07, 6.45) is 46.3. The van der Waals surface area contributed by atoms with Crippen LogP contribution < -0.4 is 5.32 Å².